The predicted molar refractivity (Wildman–Crippen MR) is 101 cm³/mol. The molecule has 2 heterocycles. The van der Waals surface area contributed by atoms with Crippen LogP contribution in [0.25, 0.3) is 0 Å². The van der Waals surface area contributed by atoms with Crippen molar-refractivity contribution >= 4 is 29.4 Å². The third-order valence-electron chi connectivity index (χ3n) is 6.02. The Balaban J connectivity index is 1.44. The second kappa shape index (κ2) is 6.92. The van der Waals surface area contributed by atoms with E-state index in [4.69, 9.17) is 0 Å². The molecule has 4 rings (SSSR count). The van der Waals surface area contributed by atoms with Crippen molar-refractivity contribution in [2.75, 3.05) is 11.4 Å². The Morgan fingerprint density at radius 3 is 2.43 bits per heavy atom. The van der Waals surface area contributed by atoms with Crippen molar-refractivity contribution in [2.24, 2.45) is 5.92 Å². The number of benzene rings is 1. The van der Waals surface area contributed by atoms with E-state index in [1.165, 1.54) is 0 Å². The van der Waals surface area contributed by atoms with Crippen molar-refractivity contribution in [2.45, 2.75) is 51.0 Å². The van der Waals surface area contributed by atoms with Gasteiger partial charge >= 0.3 is 6.03 Å². The standard InChI is InChI=1S/C20H24N4O4/c1-13-8-10-20(11-9-13)18(27)24(19(28)21-20)22-17(26)14-4-6-15(7-5-14)23-12-2-3-16(23)25/h4-7,13H,2-3,8-12H2,1H3,(H,21,28)(H,22,26). The highest BCUT2D eigenvalue weighted by molar-refractivity contribution is 6.09. The lowest BCUT2D eigenvalue weighted by molar-refractivity contribution is -0.134. The molecule has 1 aromatic rings. The van der Waals surface area contributed by atoms with E-state index in [2.05, 4.69) is 17.7 Å². The largest absolute Gasteiger partial charge is 0.344 e. The number of hydrogen-bond acceptors (Lipinski definition) is 4. The molecule has 1 saturated carbocycles. The fourth-order valence-electron chi connectivity index (χ4n) is 4.20. The van der Waals surface area contributed by atoms with Crippen LogP contribution in [0.3, 0.4) is 0 Å². The molecule has 2 aliphatic heterocycles. The minimum atomic E-state index is -0.892. The maximum atomic E-state index is 12.8. The van der Waals surface area contributed by atoms with Crippen LogP contribution in [0.5, 0.6) is 0 Å². The number of nitrogens with one attached hydrogen (secondary N) is 2. The number of carbonyl (C=O) groups is 4. The molecule has 1 aromatic carbocycles. The lowest BCUT2D eigenvalue weighted by atomic mass is 9.77. The first-order chi connectivity index (χ1) is 13.4. The van der Waals surface area contributed by atoms with Gasteiger partial charge in [0.15, 0.2) is 0 Å². The number of hydrazine groups is 1. The van der Waals surface area contributed by atoms with Gasteiger partial charge < -0.3 is 10.2 Å². The van der Waals surface area contributed by atoms with Crippen molar-refractivity contribution < 1.29 is 19.2 Å². The van der Waals surface area contributed by atoms with Gasteiger partial charge in [-0.2, -0.15) is 5.01 Å². The summed E-state index contributed by atoms with van der Waals surface area (Å²) in [7, 11) is 0. The van der Waals surface area contributed by atoms with E-state index in [1.54, 1.807) is 29.2 Å². The molecule has 0 bridgehead atoms. The summed E-state index contributed by atoms with van der Waals surface area (Å²) in [5.74, 6) is -0.329. The summed E-state index contributed by atoms with van der Waals surface area (Å²) < 4.78 is 0. The number of hydrogen-bond donors (Lipinski definition) is 2. The number of anilines is 1. The molecule has 2 N–H and O–H groups in total. The van der Waals surface area contributed by atoms with Gasteiger partial charge in [0.25, 0.3) is 11.8 Å². The molecule has 28 heavy (non-hydrogen) atoms. The normalized spacial score (nSPS) is 27.5. The number of urea groups is 1. The molecule has 8 heteroatoms. The van der Waals surface area contributed by atoms with Crippen LogP contribution >= 0.6 is 0 Å². The van der Waals surface area contributed by atoms with Gasteiger partial charge in [0.05, 0.1) is 0 Å². The van der Waals surface area contributed by atoms with Gasteiger partial charge in [0.2, 0.25) is 5.91 Å². The number of carbonyl (C=O) groups excluding carboxylic acids is 4. The summed E-state index contributed by atoms with van der Waals surface area (Å²) in [6.07, 6.45) is 4.27. The molecule has 3 aliphatic rings. The summed E-state index contributed by atoms with van der Waals surface area (Å²) in [5, 5.41) is 3.58. The molecule has 5 amide bonds. The fourth-order valence-corrected chi connectivity index (χ4v) is 4.20. The second-order valence-electron chi connectivity index (χ2n) is 7.97. The van der Waals surface area contributed by atoms with Gasteiger partial charge in [-0.05, 0) is 62.3 Å². The molecular weight excluding hydrogens is 360 g/mol. The number of nitrogens with zero attached hydrogens (tertiary/aromatic N) is 2. The van der Waals surface area contributed by atoms with E-state index in [9.17, 15) is 19.2 Å². The molecule has 3 fully saturated rings. The van der Waals surface area contributed by atoms with Crippen molar-refractivity contribution in [1.82, 2.24) is 15.8 Å². The topological polar surface area (TPSA) is 98.8 Å². The quantitative estimate of drug-likeness (QED) is 0.778. The zero-order valence-corrected chi connectivity index (χ0v) is 15.9. The van der Waals surface area contributed by atoms with Crippen LogP contribution in [-0.4, -0.2) is 40.8 Å². The molecule has 1 spiro atoms. The Labute approximate surface area is 163 Å². The summed E-state index contributed by atoms with van der Waals surface area (Å²) in [4.78, 5) is 51.2. The Kier molecular flexibility index (Phi) is 4.56. The van der Waals surface area contributed by atoms with E-state index in [0.29, 0.717) is 37.3 Å². The molecule has 8 nitrogen and oxygen atoms in total. The highest BCUT2D eigenvalue weighted by atomic mass is 16.2. The third-order valence-corrected chi connectivity index (χ3v) is 6.02. The monoisotopic (exact) mass is 384 g/mol. The molecule has 0 radical (unpaired) electrons. The first-order valence-corrected chi connectivity index (χ1v) is 9.78. The van der Waals surface area contributed by atoms with Gasteiger partial charge in [-0.15, -0.1) is 0 Å². The van der Waals surface area contributed by atoms with Crippen LogP contribution in [0, 0.1) is 5.92 Å². The van der Waals surface area contributed by atoms with Crippen molar-refractivity contribution in [3.8, 4) is 0 Å². The maximum absolute atomic E-state index is 12.8. The first kappa shape index (κ1) is 18.5. The highest BCUT2D eigenvalue weighted by Gasteiger charge is 2.52. The Morgan fingerprint density at radius 1 is 1.14 bits per heavy atom. The summed E-state index contributed by atoms with van der Waals surface area (Å²) in [6.45, 7) is 2.81. The molecule has 0 atom stereocenters. The van der Waals surface area contributed by atoms with E-state index < -0.39 is 23.4 Å². The van der Waals surface area contributed by atoms with Gasteiger partial charge in [0.1, 0.15) is 5.54 Å². The average Bonchev–Trinajstić information content (AvgIpc) is 3.21. The van der Waals surface area contributed by atoms with Gasteiger partial charge in [-0.25, -0.2) is 4.79 Å². The van der Waals surface area contributed by atoms with Crippen LogP contribution < -0.4 is 15.6 Å². The smallest absolute Gasteiger partial charge is 0.322 e. The van der Waals surface area contributed by atoms with Crippen molar-refractivity contribution in [1.29, 1.82) is 0 Å². The molecule has 148 valence electrons. The molecule has 1 aliphatic carbocycles. The minimum Gasteiger partial charge on any atom is -0.322 e. The van der Waals surface area contributed by atoms with Gasteiger partial charge in [-0.1, -0.05) is 6.92 Å². The predicted octanol–water partition coefficient (Wildman–Crippen LogP) is 1.96. The fraction of sp³-hybridized carbons (Fsp3) is 0.500. The van der Waals surface area contributed by atoms with Crippen LogP contribution in [0.4, 0.5) is 10.5 Å². The molecule has 0 aromatic heterocycles. The lowest BCUT2D eigenvalue weighted by Crippen LogP contribution is -2.51. The summed E-state index contributed by atoms with van der Waals surface area (Å²) >= 11 is 0. The lowest BCUT2D eigenvalue weighted by Gasteiger charge is -2.33. The average molecular weight is 384 g/mol. The molecular formula is C20H24N4O4. The number of rotatable bonds is 3. The number of amides is 5. The summed E-state index contributed by atoms with van der Waals surface area (Å²) in [6, 6.07) is 5.99. The van der Waals surface area contributed by atoms with Crippen LogP contribution in [0.2, 0.25) is 0 Å². The highest BCUT2D eigenvalue weighted by Crippen LogP contribution is 2.35. The SMILES string of the molecule is CC1CCC2(CC1)NC(=O)N(NC(=O)c1ccc(N3CCCC3=O)cc1)C2=O. The molecule has 0 unspecified atom stereocenters. The Morgan fingerprint density at radius 2 is 1.82 bits per heavy atom. The van der Waals surface area contributed by atoms with E-state index >= 15 is 0 Å². The van der Waals surface area contributed by atoms with Crippen LogP contribution in [0.1, 0.15) is 55.8 Å². The maximum Gasteiger partial charge on any atom is 0.344 e. The van der Waals surface area contributed by atoms with Gasteiger partial charge in [0, 0.05) is 24.2 Å². The van der Waals surface area contributed by atoms with E-state index in [0.717, 1.165) is 30.0 Å². The zero-order valence-electron chi connectivity index (χ0n) is 15.9. The van der Waals surface area contributed by atoms with E-state index in [1.807, 2.05) is 0 Å². The number of imide groups is 1. The Bertz CT molecular complexity index is 827. The second-order valence-corrected chi connectivity index (χ2v) is 7.97. The summed E-state index contributed by atoms with van der Waals surface area (Å²) in [5.41, 5.74) is 2.59. The van der Waals surface area contributed by atoms with Crippen molar-refractivity contribution in [3.05, 3.63) is 29.8 Å². The van der Waals surface area contributed by atoms with Crippen LogP contribution in [-0.2, 0) is 9.59 Å². The van der Waals surface area contributed by atoms with Crippen LogP contribution in [0.15, 0.2) is 24.3 Å². The zero-order chi connectivity index (χ0) is 19.9. The molecule has 2 saturated heterocycles. The third kappa shape index (κ3) is 3.12. The first-order valence-electron chi connectivity index (χ1n) is 9.78. The minimum absolute atomic E-state index is 0.0728. The Hall–Kier alpha value is -2.90. The van der Waals surface area contributed by atoms with Gasteiger partial charge in [-0.3, -0.25) is 19.8 Å². The van der Waals surface area contributed by atoms with E-state index in [-0.39, 0.29) is 5.91 Å². The van der Waals surface area contributed by atoms with Crippen molar-refractivity contribution in [3.63, 3.8) is 0 Å².